The highest BCUT2D eigenvalue weighted by molar-refractivity contribution is 5.94. The van der Waals surface area contributed by atoms with E-state index in [2.05, 4.69) is 16.2 Å². The van der Waals surface area contributed by atoms with E-state index in [0.717, 1.165) is 36.3 Å². The number of halogens is 2. The lowest BCUT2D eigenvalue weighted by Gasteiger charge is -2.19. The summed E-state index contributed by atoms with van der Waals surface area (Å²) < 4.78 is 27.8. The first-order valence-corrected chi connectivity index (χ1v) is 8.43. The highest BCUT2D eigenvalue weighted by Gasteiger charge is 2.23. The zero-order valence-corrected chi connectivity index (χ0v) is 14.4. The van der Waals surface area contributed by atoms with Gasteiger partial charge in [0.05, 0.1) is 12.6 Å². The zero-order valence-electron chi connectivity index (χ0n) is 14.4. The molecule has 2 aromatic rings. The molecule has 0 aliphatic carbocycles. The van der Waals surface area contributed by atoms with Crippen LogP contribution in [-0.2, 0) is 0 Å². The van der Waals surface area contributed by atoms with Crippen molar-refractivity contribution in [3.05, 3.63) is 70.3 Å². The van der Waals surface area contributed by atoms with Gasteiger partial charge in [0.25, 0.3) is 5.91 Å². The van der Waals surface area contributed by atoms with Gasteiger partial charge in [0.2, 0.25) is 0 Å². The molecule has 0 saturated carbocycles. The van der Waals surface area contributed by atoms with Gasteiger partial charge in [-0.05, 0) is 42.3 Å². The minimum atomic E-state index is -1.16. The second-order valence-corrected chi connectivity index (χ2v) is 6.37. The van der Waals surface area contributed by atoms with E-state index < -0.39 is 30.2 Å². The van der Waals surface area contributed by atoms with Crippen molar-refractivity contribution in [2.24, 2.45) is 0 Å². The van der Waals surface area contributed by atoms with E-state index in [1.807, 2.05) is 13.0 Å². The molecule has 0 aromatic heterocycles. The summed E-state index contributed by atoms with van der Waals surface area (Å²) in [4.78, 5) is 12.5. The molecule has 0 bridgehead atoms. The second-order valence-electron chi connectivity index (χ2n) is 6.37. The van der Waals surface area contributed by atoms with Crippen LogP contribution in [0.5, 0.6) is 0 Å². The Hall–Kier alpha value is -2.35. The van der Waals surface area contributed by atoms with Crippen molar-refractivity contribution in [1.82, 2.24) is 16.2 Å². The highest BCUT2D eigenvalue weighted by Crippen LogP contribution is 2.24. The number of carbonyl (C=O) groups excluding carboxylic acids is 1. The van der Waals surface area contributed by atoms with E-state index in [1.165, 1.54) is 6.07 Å². The van der Waals surface area contributed by atoms with Gasteiger partial charge >= 0.3 is 0 Å². The summed E-state index contributed by atoms with van der Waals surface area (Å²) in [5.41, 5.74) is 8.27. The van der Waals surface area contributed by atoms with Crippen molar-refractivity contribution in [3.8, 4) is 0 Å². The molecule has 0 radical (unpaired) electrons. The van der Waals surface area contributed by atoms with Crippen LogP contribution in [0, 0.1) is 18.6 Å². The van der Waals surface area contributed by atoms with Crippen LogP contribution in [0.25, 0.3) is 0 Å². The molecule has 1 fully saturated rings. The first kappa shape index (κ1) is 18.4. The van der Waals surface area contributed by atoms with Crippen molar-refractivity contribution < 1.29 is 18.7 Å². The van der Waals surface area contributed by atoms with Crippen LogP contribution < -0.4 is 16.2 Å². The topological polar surface area (TPSA) is 73.4 Å². The predicted molar refractivity (Wildman–Crippen MR) is 93.6 cm³/mol. The average molecular weight is 361 g/mol. The summed E-state index contributed by atoms with van der Waals surface area (Å²) in [6, 6.07) is 7.58. The van der Waals surface area contributed by atoms with Gasteiger partial charge in [0, 0.05) is 30.1 Å². The number of hydrogen-bond acceptors (Lipinski definition) is 4. The molecule has 2 aromatic carbocycles. The summed E-state index contributed by atoms with van der Waals surface area (Å²) in [5.74, 6) is -1.79. The molecule has 1 heterocycles. The van der Waals surface area contributed by atoms with Gasteiger partial charge < -0.3 is 10.4 Å². The lowest BCUT2D eigenvalue weighted by atomic mass is 9.94. The molecular formula is C19H21F2N3O2. The van der Waals surface area contributed by atoms with Gasteiger partial charge in [-0.1, -0.05) is 12.1 Å². The first-order chi connectivity index (χ1) is 12.5. The largest absolute Gasteiger partial charge is 0.394 e. The van der Waals surface area contributed by atoms with E-state index >= 15 is 0 Å². The van der Waals surface area contributed by atoms with Crippen LogP contribution in [0.1, 0.15) is 39.0 Å². The molecule has 0 spiro atoms. The summed E-state index contributed by atoms with van der Waals surface area (Å²) in [7, 11) is 0. The molecule has 0 unspecified atom stereocenters. The number of hydrogen-bond donors (Lipinski definition) is 4. The number of amides is 1. The van der Waals surface area contributed by atoms with E-state index in [1.54, 1.807) is 12.1 Å². The number of aliphatic hydroxyl groups excluding tert-OH is 1. The zero-order chi connectivity index (χ0) is 18.7. The quantitative estimate of drug-likeness (QED) is 0.657. The highest BCUT2D eigenvalue weighted by atomic mass is 19.1. The lowest BCUT2D eigenvalue weighted by Crippen LogP contribution is -2.32. The SMILES string of the molecule is Cc1cc(C(=O)N[C@H](CO)c2c(F)cccc2F)ccc1C1CNNC1. The molecule has 3 rings (SSSR count). The Labute approximate surface area is 150 Å². The van der Waals surface area contributed by atoms with Crippen LogP contribution in [-0.4, -0.2) is 30.7 Å². The number of aryl methyl sites for hydroxylation is 1. The van der Waals surface area contributed by atoms with E-state index in [0.29, 0.717) is 11.5 Å². The Balaban J connectivity index is 1.79. The number of rotatable bonds is 5. The Kier molecular flexibility index (Phi) is 5.61. The van der Waals surface area contributed by atoms with Crippen molar-refractivity contribution >= 4 is 5.91 Å². The molecule has 1 atom stereocenters. The molecule has 26 heavy (non-hydrogen) atoms. The number of benzene rings is 2. The standard InChI is InChI=1S/C19H21F2N3O2/c1-11-7-12(5-6-14(11)13-8-22-23-9-13)19(26)24-17(10-25)18-15(20)3-2-4-16(18)21/h2-7,13,17,22-23,25H,8-10H2,1H3,(H,24,26)/t17-/m1/s1. The maximum absolute atomic E-state index is 13.9. The molecule has 1 aliphatic heterocycles. The molecule has 4 N–H and O–H groups in total. The monoisotopic (exact) mass is 361 g/mol. The van der Waals surface area contributed by atoms with Gasteiger partial charge in [-0.15, -0.1) is 0 Å². The van der Waals surface area contributed by atoms with Gasteiger partial charge in [-0.2, -0.15) is 0 Å². The third-order valence-corrected chi connectivity index (χ3v) is 4.63. The number of hydrazine groups is 1. The van der Waals surface area contributed by atoms with E-state index in [9.17, 15) is 18.7 Å². The predicted octanol–water partition coefficient (Wildman–Crippen LogP) is 1.93. The lowest BCUT2D eigenvalue weighted by molar-refractivity contribution is 0.0913. The molecule has 1 saturated heterocycles. The smallest absolute Gasteiger partial charge is 0.251 e. The fourth-order valence-electron chi connectivity index (χ4n) is 3.25. The Morgan fingerprint density at radius 2 is 1.88 bits per heavy atom. The minimum absolute atomic E-state index is 0.324. The first-order valence-electron chi connectivity index (χ1n) is 8.43. The van der Waals surface area contributed by atoms with Gasteiger partial charge in [0.1, 0.15) is 11.6 Å². The summed E-state index contributed by atoms with van der Waals surface area (Å²) >= 11 is 0. The van der Waals surface area contributed by atoms with Crippen LogP contribution >= 0.6 is 0 Å². The molecular weight excluding hydrogens is 340 g/mol. The summed E-state index contributed by atoms with van der Waals surface area (Å²) in [5, 5.41) is 12.0. The number of nitrogens with one attached hydrogen (secondary N) is 3. The molecule has 1 aliphatic rings. The molecule has 5 nitrogen and oxygen atoms in total. The maximum atomic E-state index is 13.9. The number of carbonyl (C=O) groups is 1. The summed E-state index contributed by atoms with van der Waals surface area (Å²) in [6.07, 6.45) is 0. The van der Waals surface area contributed by atoms with E-state index in [4.69, 9.17) is 0 Å². The van der Waals surface area contributed by atoms with Crippen molar-refractivity contribution in [1.29, 1.82) is 0 Å². The van der Waals surface area contributed by atoms with Gasteiger partial charge in [-0.3, -0.25) is 15.6 Å². The Morgan fingerprint density at radius 3 is 2.46 bits per heavy atom. The van der Waals surface area contributed by atoms with Crippen molar-refractivity contribution in [2.75, 3.05) is 19.7 Å². The maximum Gasteiger partial charge on any atom is 0.251 e. The van der Waals surface area contributed by atoms with Crippen LogP contribution in [0.2, 0.25) is 0 Å². The normalized spacial score (nSPS) is 15.8. The molecule has 138 valence electrons. The summed E-state index contributed by atoms with van der Waals surface area (Å²) in [6.45, 7) is 2.93. The second kappa shape index (κ2) is 7.90. The van der Waals surface area contributed by atoms with Crippen LogP contribution in [0.4, 0.5) is 8.78 Å². The fraction of sp³-hybridized carbons (Fsp3) is 0.316. The van der Waals surface area contributed by atoms with Gasteiger partial charge in [-0.25, -0.2) is 8.78 Å². The van der Waals surface area contributed by atoms with Crippen LogP contribution in [0.3, 0.4) is 0 Å². The third-order valence-electron chi connectivity index (χ3n) is 4.63. The number of aliphatic hydroxyl groups is 1. The van der Waals surface area contributed by atoms with Crippen LogP contribution in [0.15, 0.2) is 36.4 Å². The Morgan fingerprint density at radius 1 is 1.23 bits per heavy atom. The molecule has 1 amide bonds. The van der Waals surface area contributed by atoms with Crippen molar-refractivity contribution in [3.63, 3.8) is 0 Å². The minimum Gasteiger partial charge on any atom is -0.394 e. The third kappa shape index (κ3) is 3.75. The fourth-order valence-corrected chi connectivity index (χ4v) is 3.25. The average Bonchev–Trinajstić information content (AvgIpc) is 3.14. The molecule has 7 heteroatoms. The van der Waals surface area contributed by atoms with Gasteiger partial charge in [0.15, 0.2) is 0 Å². The Bertz CT molecular complexity index is 787. The van der Waals surface area contributed by atoms with Crippen molar-refractivity contribution in [2.45, 2.75) is 18.9 Å². The van der Waals surface area contributed by atoms with E-state index in [-0.39, 0.29) is 5.56 Å².